The van der Waals surface area contributed by atoms with Crippen molar-refractivity contribution < 1.29 is 14.6 Å². The number of hydrogen-bond donors (Lipinski definition) is 3. The van der Waals surface area contributed by atoms with Crippen LogP contribution in [0.15, 0.2) is 41.1 Å². The Morgan fingerprint density at radius 3 is 3.04 bits per heavy atom. The van der Waals surface area contributed by atoms with E-state index in [4.69, 9.17) is 4.74 Å². The Morgan fingerprint density at radius 2 is 2.25 bits per heavy atom. The minimum Gasteiger partial charge on any atom is -0.493 e. The fourth-order valence-electron chi connectivity index (χ4n) is 2.81. The highest BCUT2D eigenvalue weighted by Crippen LogP contribution is 2.31. The van der Waals surface area contributed by atoms with Gasteiger partial charge in [-0.2, -0.15) is 11.3 Å². The van der Waals surface area contributed by atoms with Crippen LogP contribution in [0.25, 0.3) is 0 Å². The fraction of sp³-hybridized carbons (Fsp3) is 0.389. The lowest BCUT2D eigenvalue weighted by molar-refractivity contribution is 0.0597. The molecule has 0 saturated heterocycles. The number of thiophene rings is 1. The molecule has 2 heterocycles. The molecular formula is C18H22N2O3S. The SMILES string of the molecule is C[C@](O)(CNC(=O)N[C@@H]1CCCOc2ccccc21)c1ccsc1. The molecule has 2 aromatic rings. The maximum Gasteiger partial charge on any atom is 0.315 e. The number of benzene rings is 1. The predicted octanol–water partition coefficient (Wildman–Crippen LogP) is 3.17. The van der Waals surface area contributed by atoms with Gasteiger partial charge in [-0.05, 0) is 48.2 Å². The van der Waals surface area contributed by atoms with E-state index in [2.05, 4.69) is 10.6 Å². The molecule has 24 heavy (non-hydrogen) atoms. The molecule has 0 aliphatic carbocycles. The first-order chi connectivity index (χ1) is 11.6. The highest BCUT2D eigenvalue weighted by molar-refractivity contribution is 7.08. The summed E-state index contributed by atoms with van der Waals surface area (Å²) < 4.78 is 5.71. The van der Waals surface area contributed by atoms with Crippen molar-refractivity contribution in [3.05, 3.63) is 52.2 Å². The summed E-state index contributed by atoms with van der Waals surface area (Å²) in [5.74, 6) is 0.825. The van der Waals surface area contributed by atoms with E-state index in [-0.39, 0.29) is 18.6 Å². The molecule has 0 radical (unpaired) electrons. The zero-order chi connectivity index (χ0) is 17.0. The average molecular weight is 346 g/mol. The maximum absolute atomic E-state index is 12.3. The number of fused-ring (bicyclic) bond motifs is 1. The van der Waals surface area contributed by atoms with E-state index < -0.39 is 5.60 Å². The fourth-order valence-corrected chi connectivity index (χ4v) is 3.59. The van der Waals surface area contributed by atoms with E-state index in [0.29, 0.717) is 6.61 Å². The molecule has 2 atom stereocenters. The third-order valence-electron chi connectivity index (χ3n) is 4.23. The van der Waals surface area contributed by atoms with Crippen molar-refractivity contribution in [1.82, 2.24) is 10.6 Å². The van der Waals surface area contributed by atoms with Crippen LogP contribution in [0.2, 0.25) is 0 Å². The Balaban J connectivity index is 1.61. The summed E-state index contributed by atoms with van der Waals surface area (Å²) in [6.45, 7) is 2.51. The highest BCUT2D eigenvalue weighted by atomic mass is 32.1. The second kappa shape index (κ2) is 7.23. The molecule has 0 spiro atoms. The lowest BCUT2D eigenvalue weighted by Gasteiger charge is -2.24. The Bertz CT molecular complexity index is 685. The first-order valence-electron chi connectivity index (χ1n) is 8.07. The molecule has 6 heteroatoms. The normalized spacial score (nSPS) is 19.3. The summed E-state index contributed by atoms with van der Waals surface area (Å²) in [5, 5.41) is 20.0. The van der Waals surface area contributed by atoms with Crippen LogP contribution >= 0.6 is 11.3 Å². The maximum atomic E-state index is 12.3. The number of urea groups is 1. The molecule has 2 amide bonds. The molecule has 3 N–H and O–H groups in total. The Hall–Kier alpha value is -2.05. The molecule has 1 aromatic carbocycles. The van der Waals surface area contributed by atoms with Crippen LogP contribution in [-0.2, 0) is 5.60 Å². The molecule has 0 fully saturated rings. The number of rotatable bonds is 4. The van der Waals surface area contributed by atoms with Gasteiger partial charge >= 0.3 is 6.03 Å². The lowest BCUT2D eigenvalue weighted by Crippen LogP contribution is -2.44. The molecule has 128 valence electrons. The van der Waals surface area contributed by atoms with E-state index in [1.165, 1.54) is 11.3 Å². The molecule has 0 bridgehead atoms. The topological polar surface area (TPSA) is 70.6 Å². The Labute approximate surface area is 145 Å². The molecule has 0 saturated carbocycles. The molecule has 1 aromatic heterocycles. The summed E-state index contributed by atoms with van der Waals surface area (Å²) in [6, 6.07) is 9.27. The van der Waals surface area contributed by atoms with E-state index in [9.17, 15) is 9.90 Å². The molecule has 1 aliphatic heterocycles. The first kappa shape index (κ1) is 16.8. The predicted molar refractivity (Wildman–Crippen MR) is 94.3 cm³/mol. The monoisotopic (exact) mass is 346 g/mol. The minimum absolute atomic E-state index is 0.0882. The number of carbonyl (C=O) groups excluding carboxylic acids is 1. The van der Waals surface area contributed by atoms with E-state index in [1.807, 2.05) is 41.1 Å². The van der Waals surface area contributed by atoms with Gasteiger partial charge in [-0.1, -0.05) is 18.2 Å². The van der Waals surface area contributed by atoms with Gasteiger partial charge in [-0.3, -0.25) is 0 Å². The van der Waals surface area contributed by atoms with Gasteiger partial charge in [0.1, 0.15) is 11.4 Å². The van der Waals surface area contributed by atoms with Gasteiger partial charge in [-0.25, -0.2) is 4.79 Å². The van der Waals surface area contributed by atoms with Crippen LogP contribution in [0.3, 0.4) is 0 Å². The Kier molecular flexibility index (Phi) is 5.06. The van der Waals surface area contributed by atoms with Crippen LogP contribution in [0.5, 0.6) is 5.75 Å². The number of amides is 2. The molecule has 3 rings (SSSR count). The average Bonchev–Trinajstić information content (AvgIpc) is 3.05. The van der Waals surface area contributed by atoms with Gasteiger partial charge < -0.3 is 20.5 Å². The summed E-state index contributed by atoms with van der Waals surface area (Å²) in [4.78, 5) is 12.3. The summed E-state index contributed by atoms with van der Waals surface area (Å²) in [7, 11) is 0. The van der Waals surface area contributed by atoms with Gasteiger partial charge in [-0.15, -0.1) is 0 Å². The van der Waals surface area contributed by atoms with Crippen molar-refractivity contribution in [2.45, 2.75) is 31.4 Å². The third kappa shape index (κ3) is 3.88. The quantitative estimate of drug-likeness (QED) is 0.796. The number of carbonyl (C=O) groups is 1. The van der Waals surface area contributed by atoms with Crippen molar-refractivity contribution in [2.24, 2.45) is 0 Å². The van der Waals surface area contributed by atoms with Gasteiger partial charge in [0.15, 0.2) is 0 Å². The van der Waals surface area contributed by atoms with Crippen LogP contribution in [0, 0.1) is 0 Å². The van der Waals surface area contributed by atoms with Crippen molar-refractivity contribution in [1.29, 1.82) is 0 Å². The second-order valence-electron chi connectivity index (χ2n) is 6.19. The molecular weight excluding hydrogens is 324 g/mol. The van der Waals surface area contributed by atoms with Gasteiger partial charge in [0.2, 0.25) is 0 Å². The van der Waals surface area contributed by atoms with Crippen molar-refractivity contribution in [3.63, 3.8) is 0 Å². The standard InChI is InChI=1S/C18H22N2O3S/c1-18(22,13-8-10-24-11-13)12-19-17(21)20-15-6-4-9-23-16-7-3-2-5-14(15)16/h2-3,5,7-8,10-11,15,22H,4,6,9,12H2,1H3,(H2,19,20,21)/t15-,18+/m1/s1. The summed E-state index contributed by atoms with van der Waals surface area (Å²) in [5.41, 5.74) is 0.720. The Morgan fingerprint density at radius 1 is 1.42 bits per heavy atom. The largest absolute Gasteiger partial charge is 0.493 e. The van der Waals surface area contributed by atoms with Crippen LogP contribution in [-0.4, -0.2) is 24.3 Å². The van der Waals surface area contributed by atoms with Crippen molar-refractivity contribution >= 4 is 17.4 Å². The van der Waals surface area contributed by atoms with Crippen LogP contribution < -0.4 is 15.4 Å². The minimum atomic E-state index is -1.08. The summed E-state index contributed by atoms with van der Waals surface area (Å²) in [6.07, 6.45) is 1.71. The zero-order valence-corrected chi connectivity index (χ0v) is 14.4. The van der Waals surface area contributed by atoms with E-state index in [0.717, 1.165) is 29.7 Å². The van der Waals surface area contributed by atoms with E-state index in [1.54, 1.807) is 6.92 Å². The van der Waals surface area contributed by atoms with Crippen LogP contribution in [0.1, 0.15) is 36.9 Å². The summed E-state index contributed by atoms with van der Waals surface area (Å²) >= 11 is 1.52. The van der Waals surface area contributed by atoms with Gasteiger partial charge in [0.05, 0.1) is 19.2 Å². The smallest absolute Gasteiger partial charge is 0.315 e. The number of hydrogen-bond acceptors (Lipinski definition) is 4. The van der Waals surface area contributed by atoms with Crippen molar-refractivity contribution in [2.75, 3.05) is 13.2 Å². The van der Waals surface area contributed by atoms with Gasteiger partial charge in [0.25, 0.3) is 0 Å². The molecule has 5 nitrogen and oxygen atoms in total. The van der Waals surface area contributed by atoms with Gasteiger partial charge in [0, 0.05) is 5.56 Å². The highest BCUT2D eigenvalue weighted by Gasteiger charge is 2.26. The first-order valence-corrected chi connectivity index (χ1v) is 9.02. The molecule has 0 unspecified atom stereocenters. The lowest BCUT2D eigenvalue weighted by atomic mass is 9.99. The molecule has 1 aliphatic rings. The number of aliphatic hydroxyl groups is 1. The third-order valence-corrected chi connectivity index (χ3v) is 4.91. The van der Waals surface area contributed by atoms with E-state index >= 15 is 0 Å². The van der Waals surface area contributed by atoms with Crippen molar-refractivity contribution in [3.8, 4) is 5.75 Å². The zero-order valence-electron chi connectivity index (χ0n) is 13.6. The number of para-hydroxylation sites is 1. The van der Waals surface area contributed by atoms with Crippen LogP contribution in [0.4, 0.5) is 4.79 Å². The number of ether oxygens (including phenoxy) is 1. The second-order valence-corrected chi connectivity index (χ2v) is 6.97. The number of nitrogens with one attached hydrogen (secondary N) is 2.